The molecule has 1 aromatic rings. The maximum absolute atomic E-state index is 11.7. The van der Waals surface area contributed by atoms with Crippen molar-refractivity contribution in [3.8, 4) is 0 Å². The minimum Gasteiger partial charge on any atom is -0.387 e. The zero-order valence-corrected chi connectivity index (χ0v) is 9.78. The van der Waals surface area contributed by atoms with Gasteiger partial charge in [0.15, 0.2) is 0 Å². The van der Waals surface area contributed by atoms with Gasteiger partial charge in [-0.25, -0.2) is 0 Å². The molecule has 2 heterocycles. The maximum atomic E-state index is 11.7. The Hall–Kier alpha value is -1.53. The number of likely N-dealkylation sites (N-methyl/N-ethyl adjacent to an activating group) is 1. The Bertz CT molecular complexity index is 411. The van der Waals surface area contributed by atoms with Crippen LogP contribution in [-0.4, -0.2) is 51.7 Å². The molecule has 0 saturated carbocycles. The topological polar surface area (TPSA) is 89.1 Å². The molecule has 0 radical (unpaired) electrons. The van der Waals surface area contributed by atoms with Gasteiger partial charge in [0.2, 0.25) is 6.04 Å². The molecule has 2 rings (SSSR count). The predicted octanol–water partition coefficient (Wildman–Crippen LogP) is -0.786. The minimum atomic E-state index is -0.541. The summed E-state index contributed by atoms with van der Waals surface area (Å²) in [6, 6.07) is -0.541. The summed E-state index contributed by atoms with van der Waals surface area (Å²) in [5.41, 5.74) is 6.04. The second kappa shape index (κ2) is 4.38. The lowest BCUT2D eigenvalue weighted by molar-refractivity contribution is -0.920. The van der Waals surface area contributed by atoms with E-state index in [0.717, 1.165) is 0 Å². The third-order valence-electron chi connectivity index (χ3n) is 3.36. The fourth-order valence-electron chi connectivity index (χ4n) is 2.57. The Labute approximate surface area is 99.7 Å². The lowest BCUT2D eigenvalue weighted by Gasteiger charge is -2.35. The van der Waals surface area contributed by atoms with Gasteiger partial charge in [-0.2, -0.15) is 0 Å². The number of nitrogens with two attached hydrogens (primary N) is 1. The number of nitrogens with zero attached hydrogens (tertiary/aromatic N) is 3. The summed E-state index contributed by atoms with van der Waals surface area (Å²) in [5, 5.41) is 9.64. The average Bonchev–Trinajstić information content (AvgIpc) is 2.60. The zero-order valence-electron chi connectivity index (χ0n) is 9.78. The van der Waals surface area contributed by atoms with Crippen LogP contribution in [0.15, 0.2) is 18.6 Å². The van der Waals surface area contributed by atoms with Crippen LogP contribution < -0.4 is 5.73 Å². The van der Waals surface area contributed by atoms with Gasteiger partial charge in [0.05, 0.1) is 19.8 Å². The Morgan fingerprint density at radius 2 is 2.41 bits per heavy atom. The number of aliphatic hydroxyl groups is 1. The molecule has 0 spiro atoms. The van der Waals surface area contributed by atoms with Crippen molar-refractivity contribution in [3.05, 3.63) is 24.3 Å². The van der Waals surface area contributed by atoms with E-state index in [0.29, 0.717) is 29.7 Å². The molecule has 92 valence electrons. The smallest absolute Gasteiger partial charge is 0.282 e. The molecule has 17 heavy (non-hydrogen) atoms. The number of amides is 1. The van der Waals surface area contributed by atoms with Crippen molar-refractivity contribution >= 4 is 5.91 Å². The van der Waals surface area contributed by atoms with Gasteiger partial charge in [0.25, 0.3) is 5.91 Å². The SMILES string of the molecule is C[N+]1(C(C(N)=O)c2cnccn2)CCC(O)C1. The van der Waals surface area contributed by atoms with Crippen molar-refractivity contribution in [1.82, 2.24) is 9.97 Å². The van der Waals surface area contributed by atoms with E-state index in [1.54, 1.807) is 18.6 Å². The van der Waals surface area contributed by atoms with Crippen LogP contribution in [0.4, 0.5) is 0 Å². The molecule has 1 saturated heterocycles. The molecule has 1 fully saturated rings. The molecule has 1 amide bonds. The van der Waals surface area contributed by atoms with Crippen molar-refractivity contribution in [1.29, 1.82) is 0 Å². The third kappa shape index (κ3) is 2.27. The van der Waals surface area contributed by atoms with Crippen LogP contribution in [0.25, 0.3) is 0 Å². The Morgan fingerprint density at radius 1 is 1.65 bits per heavy atom. The average molecular weight is 237 g/mol. The highest BCUT2D eigenvalue weighted by molar-refractivity contribution is 5.79. The van der Waals surface area contributed by atoms with Crippen molar-refractivity contribution < 1.29 is 14.4 Å². The van der Waals surface area contributed by atoms with Gasteiger partial charge < -0.3 is 15.3 Å². The summed E-state index contributed by atoms with van der Waals surface area (Å²) in [6.45, 7) is 1.23. The summed E-state index contributed by atoms with van der Waals surface area (Å²) < 4.78 is 0.398. The Kier molecular flexibility index (Phi) is 3.08. The molecule has 3 N–H and O–H groups in total. The van der Waals surface area contributed by atoms with E-state index >= 15 is 0 Å². The van der Waals surface area contributed by atoms with Gasteiger partial charge in [-0.05, 0) is 0 Å². The van der Waals surface area contributed by atoms with Crippen LogP contribution in [0, 0.1) is 0 Å². The van der Waals surface area contributed by atoms with Crippen LogP contribution in [-0.2, 0) is 4.79 Å². The quantitative estimate of drug-likeness (QED) is 0.674. The molecule has 1 aliphatic rings. The number of rotatable bonds is 3. The molecule has 0 aliphatic carbocycles. The molecular weight excluding hydrogens is 220 g/mol. The summed E-state index contributed by atoms with van der Waals surface area (Å²) in [5.74, 6) is -0.429. The van der Waals surface area contributed by atoms with Crippen molar-refractivity contribution in [2.45, 2.75) is 18.6 Å². The molecule has 6 nitrogen and oxygen atoms in total. The summed E-state index contributed by atoms with van der Waals surface area (Å²) in [4.78, 5) is 19.8. The number of quaternary nitrogens is 1. The van der Waals surface area contributed by atoms with E-state index in [1.807, 2.05) is 7.05 Å². The fraction of sp³-hybridized carbons (Fsp3) is 0.545. The number of carbonyl (C=O) groups excluding carboxylic acids is 1. The molecule has 3 unspecified atom stereocenters. The van der Waals surface area contributed by atoms with Gasteiger partial charge in [0.1, 0.15) is 18.3 Å². The molecule has 6 heteroatoms. The van der Waals surface area contributed by atoms with Gasteiger partial charge in [-0.15, -0.1) is 0 Å². The molecule has 1 aliphatic heterocycles. The lowest BCUT2D eigenvalue weighted by atomic mass is 10.1. The van der Waals surface area contributed by atoms with Crippen molar-refractivity contribution in [2.75, 3.05) is 20.1 Å². The molecule has 0 aromatic carbocycles. The van der Waals surface area contributed by atoms with Crippen molar-refractivity contribution in [2.24, 2.45) is 5.73 Å². The first kappa shape index (κ1) is 11.9. The minimum absolute atomic E-state index is 0.376. The second-order valence-corrected chi connectivity index (χ2v) is 4.76. The Balaban J connectivity index is 2.34. The summed E-state index contributed by atoms with van der Waals surface area (Å²) >= 11 is 0. The second-order valence-electron chi connectivity index (χ2n) is 4.76. The monoisotopic (exact) mass is 237 g/mol. The third-order valence-corrected chi connectivity index (χ3v) is 3.36. The number of likely N-dealkylation sites (tertiary alicyclic amines) is 1. The van der Waals surface area contributed by atoms with E-state index in [-0.39, 0.29) is 6.10 Å². The number of carbonyl (C=O) groups is 1. The van der Waals surface area contributed by atoms with E-state index in [4.69, 9.17) is 5.73 Å². The largest absolute Gasteiger partial charge is 0.387 e. The number of aromatic nitrogens is 2. The molecule has 1 aromatic heterocycles. The maximum Gasteiger partial charge on any atom is 0.282 e. The highest BCUT2D eigenvalue weighted by Crippen LogP contribution is 2.30. The first-order valence-electron chi connectivity index (χ1n) is 5.60. The number of primary amides is 1. The van der Waals surface area contributed by atoms with Gasteiger partial charge >= 0.3 is 0 Å². The normalized spacial score (nSPS) is 30.1. The van der Waals surface area contributed by atoms with Gasteiger partial charge in [-0.3, -0.25) is 14.8 Å². The summed E-state index contributed by atoms with van der Waals surface area (Å²) in [7, 11) is 1.92. The first-order valence-corrected chi connectivity index (χ1v) is 5.60. The number of hydrogen-bond donors (Lipinski definition) is 2. The van der Waals surface area contributed by atoms with Gasteiger partial charge in [-0.1, -0.05) is 0 Å². The van der Waals surface area contributed by atoms with E-state index in [1.165, 1.54) is 0 Å². The van der Waals surface area contributed by atoms with E-state index in [2.05, 4.69) is 9.97 Å². The number of hydrogen-bond acceptors (Lipinski definition) is 4. The van der Waals surface area contributed by atoms with Crippen LogP contribution in [0.3, 0.4) is 0 Å². The fourth-order valence-corrected chi connectivity index (χ4v) is 2.57. The van der Waals surface area contributed by atoms with Crippen LogP contribution in [0.1, 0.15) is 18.2 Å². The highest BCUT2D eigenvalue weighted by Gasteiger charge is 2.45. The van der Waals surface area contributed by atoms with Gasteiger partial charge in [0, 0.05) is 18.8 Å². The van der Waals surface area contributed by atoms with E-state index in [9.17, 15) is 9.90 Å². The molecular formula is C11H17N4O2+. The lowest BCUT2D eigenvalue weighted by Crippen LogP contribution is -2.51. The predicted molar refractivity (Wildman–Crippen MR) is 60.5 cm³/mol. The molecule has 0 bridgehead atoms. The molecule has 3 atom stereocenters. The first-order chi connectivity index (χ1) is 8.03. The van der Waals surface area contributed by atoms with Crippen LogP contribution in [0.2, 0.25) is 0 Å². The highest BCUT2D eigenvalue weighted by atomic mass is 16.3. The van der Waals surface area contributed by atoms with E-state index < -0.39 is 11.9 Å². The van der Waals surface area contributed by atoms with Crippen molar-refractivity contribution in [3.63, 3.8) is 0 Å². The van der Waals surface area contributed by atoms with Crippen LogP contribution in [0.5, 0.6) is 0 Å². The van der Waals surface area contributed by atoms with Crippen LogP contribution >= 0.6 is 0 Å². The zero-order chi connectivity index (χ0) is 12.5. The Morgan fingerprint density at radius 3 is 2.88 bits per heavy atom. The standard InChI is InChI=1S/C11H16N4O2/c1-15(5-2-8(16)7-15)10(11(12)17)9-6-13-3-4-14-9/h3-4,6,8,10,16H,2,5,7H2,1H3,(H-,12,17)/p+1. The number of aliphatic hydroxyl groups excluding tert-OH is 1. The summed E-state index contributed by atoms with van der Waals surface area (Å²) in [6.07, 6.45) is 4.97.